The van der Waals surface area contributed by atoms with Crippen LogP contribution in [0.3, 0.4) is 0 Å². The molecular weight excluding hydrogens is 308 g/mol. The number of aryl methyl sites for hydroxylation is 2. The molecular formula is C19H20OS2. The van der Waals surface area contributed by atoms with Crippen LogP contribution in [0.5, 0.6) is 0 Å². The van der Waals surface area contributed by atoms with Crippen molar-refractivity contribution in [3.8, 4) is 0 Å². The Morgan fingerprint density at radius 3 is 1.64 bits per heavy atom. The fourth-order valence-corrected chi connectivity index (χ4v) is 4.44. The highest BCUT2D eigenvalue weighted by atomic mass is 32.1. The summed E-state index contributed by atoms with van der Waals surface area (Å²) in [6.07, 6.45) is 8.19. The molecule has 3 rings (SSSR count). The summed E-state index contributed by atoms with van der Waals surface area (Å²) < 4.78 is 0. The minimum absolute atomic E-state index is 0.245. The van der Waals surface area contributed by atoms with Gasteiger partial charge in [0, 0.05) is 30.7 Å². The van der Waals surface area contributed by atoms with Crippen LogP contribution in [0.2, 0.25) is 0 Å². The number of hydrogen-bond acceptors (Lipinski definition) is 3. The fraction of sp³-hybridized carbons (Fsp3) is 0.316. The predicted molar refractivity (Wildman–Crippen MR) is 97.5 cm³/mol. The number of Topliss-reactive ketones (excluding diaryl/α,β-unsaturated/α-hetero) is 1. The van der Waals surface area contributed by atoms with Crippen molar-refractivity contribution in [2.45, 2.75) is 39.5 Å². The second-order valence-corrected chi connectivity index (χ2v) is 8.41. The molecule has 0 spiro atoms. The Labute approximate surface area is 140 Å². The number of thiophene rings is 2. The summed E-state index contributed by atoms with van der Waals surface area (Å²) in [4.78, 5) is 17.8. The Morgan fingerprint density at radius 2 is 1.27 bits per heavy atom. The lowest BCUT2D eigenvalue weighted by Crippen LogP contribution is -2.03. The smallest absolute Gasteiger partial charge is 0.185 e. The summed E-state index contributed by atoms with van der Waals surface area (Å²) in [5.74, 6) is 0.245. The van der Waals surface area contributed by atoms with Gasteiger partial charge in [0.05, 0.1) is 0 Å². The molecule has 1 nitrogen and oxygen atoms in total. The number of carbonyl (C=O) groups is 1. The van der Waals surface area contributed by atoms with Gasteiger partial charge in [-0.15, -0.1) is 22.7 Å². The van der Waals surface area contributed by atoms with Crippen molar-refractivity contribution in [1.29, 1.82) is 0 Å². The summed E-state index contributed by atoms with van der Waals surface area (Å²) in [5, 5.41) is 0. The Balaban J connectivity index is 1.90. The van der Waals surface area contributed by atoms with Gasteiger partial charge in [-0.05, 0) is 75.9 Å². The van der Waals surface area contributed by atoms with Gasteiger partial charge in [-0.3, -0.25) is 4.79 Å². The average molecular weight is 329 g/mol. The number of rotatable bonds is 2. The number of carbonyl (C=O) groups excluding carboxylic acids is 1. The number of hydrogen-bond donors (Lipinski definition) is 0. The third-order valence-corrected chi connectivity index (χ3v) is 5.78. The molecule has 2 heterocycles. The first-order chi connectivity index (χ1) is 10.6. The molecule has 2 aromatic heterocycles. The van der Waals surface area contributed by atoms with E-state index in [2.05, 4.69) is 50.3 Å². The second kappa shape index (κ2) is 6.76. The largest absolute Gasteiger partial charge is 0.289 e. The van der Waals surface area contributed by atoms with Crippen LogP contribution >= 0.6 is 22.7 Å². The van der Waals surface area contributed by atoms with Crippen molar-refractivity contribution in [3.05, 3.63) is 54.9 Å². The quantitative estimate of drug-likeness (QED) is 0.485. The second-order valence-electron chi connectivity index (χ2n) is 5.77. The van der Waals surface area contributed by atoms with Crippen molar-refractivity contribution in [3.63, 3.8) is 0 Å². The molecule has 1 saturated carbocycles. The highest BCUT2D eigenvalue weighted by molar-refractivity contribution is 7.13. The van der Waals surface area contributed by atoms with Gasteiger partial charge >= 0.3 is 0 Å². The van der Waals surface area contributed by atoms with Crippen LogP contribution in [0.15, 0.2) is 35.4 Å². The summed E-state index contributed by atoms with van der Waals surface area (Å²) in [6.45, 7) is 4.21. The normalized spacial score (nSPS) is 19.8. The van der Waals surface area contributed by atoms with Crippen LogP contribution in [-0.4, -0.2) is 5.78 Å². The molecule has 0 atom stereocenters. The molecule has 1 aliphatic carbocycles. The lowest BCUT2D eigenvalue weighted by molar-refractivity contribution is -0.112. The molecule has 114 valence electrons. The molecule has 2 aromatic rings. The van der Waals surface area contributed by atoms with Crippen molar-refractivity contribution >= 4 is 40.6 Å². The van der Waals surface area contributed by atoms with Crippen molar-refractivity contribution < 1.29 is 4.79 Å². The van der Waals surface area contributed by atoms with Crippen molar-refractivity contribution in [2.24, 2.45) is 0 Å². The topological polar surface area (TPSA) is 17.1 Å². The van der Waals surface area contributed by atoms with Crippen LogP contribution in [-0.2, 0) is 4.79 Å². The van der Waals surface area contributed by atoms with E-state index in [0.717, 1.165) is 36.8 Å². The van der Waals surface area contributed by atoms with E-state index < -0.39 is 0 Å². The van der Waals surface area contributed by atoms with Crippen LogP contribution < -0.4 is 0 Å². The van der Waals surface area contributed by atoms with Crippen molar-refractivity contribution in [1.82, 2.24) is 0 Å². The van der Waals surface area contributed by atoms with E-state index >= 15 is 0 Å². The monoisotopic (exact) mass is 328 g/mol. The van der Waals surface area contributed by atoms with Gasteiger partial charge < -0.3 is 0 Å². The molecule has 1 fully saturated rings. The molecule has 0 saturated heterocycles. The number of ketones is 1. The van der Waals surface area contributed by atoms with E-state index in [1.165, 1.54) is 19.5 Å². The van der Waals surface area contributed by atoms with Crippen LogP contribution in [0.1, 0.15) is 45.2 Å². The van der Waals surface area contributed by atoms with Crippen LogP contribution in [0.4, 0.5) is 0 Å². The summed E-state index contributed by atoms with van der Waals surface area (Å²) in [5.41, 5.74) is 1.94. The lowest BCUT2D eigenvalue weighted by atomic mass is 10.0. The minimum Gasteiger partial charge on any atom is -0.289 e. The Bertz CT molecular complexity index is 681. The van der Waals surface area contributed by atoms with Crippen LogP contribution in [0.25, 0.3) is 12.2 Å². The van der Waals surface area contributed by atoms with Crippen molar-refractivity contribution in [2.75, 3.05) is 0 Å². The van der Waals surface area contributed by atoms with Gasteiger partial charge in [0.2, 0.25) is 0 Å². The zero-order valence-electron chi connectivity index (χ0n) is 13.0. The molecule has 0 aromatic carbocycles. The highest BCUT2D eigenvalue weighted by Crippen LogP contribution is 2.29. The Morgan fingerprint density at radius 1 is 0.818 bits per heavy atom. The minimum atomic E-state index is 0.245. The van der Waals surface area contributed by atoms with E-state index in [1.807, 2.05) is 0 Å². The predicted octanol–water partition coefficient (Wildman–Crippen LogP) is 6.04. The average Bonchev–Trinajstić information content (AvgIpc) is 3.04. The molecule has 0 amide bonds. The maximum absolute atomic E-state index is 12.8. The Hall–Kier alpha value is -1.45. The van der Waals surface area contributed by atoms with Gasteiger partial charge in [-0.1, -0.05) is 0 Å². The van der Waals surface area contributed by atoms with Gasteiger partial charge in [0.25, 0.3) is 0 Å². The third-order valence-electron chi connectivity index (χ3n) is 3.88. The standard InChI is InChI=1S/C19H20OS2/c1-13-7-9-17(21-13)11-15-5-3-4-6-16(19(15)20)12-18-10-8-14(2)22-18/h7-12H,3-6H2,1-2H3. The lowest BCUT2D eigenvalue weighted by Gasteiger charge is -2.04. The molecule has 0 aliphatic heterocycles. The molecule has 0 radical (unpaired) electrons. The molecule has 0 bridgehead atoms. The van der Waals surface area contributed by atoms with E-state index in [-0.39, 0.29) is 5.78 Å². The fourth-order valence-electron chi connectivity index (χ4n) is 2.75. The summed E-state index contributed by atoms with van der Waals surface area (Å²) in [6, 6.07) is 8.45. The molecule has 0 N–H and O–H groups in total. The molecule has 3 heteroatoms. The summed E-state index contributed by atoms with van der Waals surface area (Å²) >= 11 is 3.51. The number of allylic oxidation sites excluding steroid dienone is 2. The zero-order valence-corrected chi connectivity index (χ0v) is 14.7. The first-order valence-corrected chi connectivity index (χ1v) is 9.34. The van der Waals surface area contributed by atoms with E-state index in [4.69, 9.17) is 0 Å². The van der Waals surface area contributed by atoms with Gasteiger partial charge in [0.1, 0.15) is 0 Å². The maximum Gasteiger partial charge on any atom is 0.185 e. The third kappa shape index (κ3) is 3.65. The first kappa shape index (κ1) is 15.4. The van der Waals surface area contributed by atoms with E-state index in [0.29, 0.717) is 0 Å². The van der Waals surface area contributed by atoms with Gasteiger partial charge in [-0.25, -0.2) is 0 Å². The molecule has 1 aliphatic rings. The SMILES string of the molecule is Cc1ccc(C=C2CCCCC(=Cc3ccc(C)s3)C2=O)s1. The van der Waals surface area contributed by atoms with E-state index in [1.54, 1.807) is 22.7 Å². The van der Waals surface area contributed by atoms with Gasteiger partial charge in [-0.2, -0.15) is 0 Å². The molecule has 0 unspecified atom stereocenters. The highest BCUT2D eigenvalue weighted by Gasteiger charge is 2.19. The zero-order chi connectivity index (χ0) is 15.5. The van der Waals surface area contributed by atoms with Crippen LogP contribution in [0, 0.1) is 13.8 Å². The van der Waals surface area contributed by atoms with Gasteiger partial charge in [0.15, 0.2) is 5.78 Å². The molecule has 22 heavy (non-hydrogen) atoms. The Kier molecular flexibility index (Phi) is 4.74. The van der Waals surface area contributed by atoms with E-state index in [9.17, 15) is 4.79 Å². The maximum atomic E-state index is 12.8. The summed E-state index contributed by atoms with van der Waals surface area (Å²) in [7, 11) is 0. The first-order valence-electron chi connectivity index (χ1n) is 7.70.